The van der Waals surface area contributed by atoms with Crippen molar-refractivity contribution in [1.29, 1.82) is 0 Å². The van der Waals surface area contributed by atoms with Gasteiger partial charge in [0, 0.05) is 0 Å². The lowest BCUT2D eigenvalue weighted by Gasteiger charge is -2.09. The molecule has 3 rings (SSSR count). The summed E-state index contributed by atoms with van der Waals surface area (Å²) in [6.45, 7) is 0. The van der Waals surface area contributed by atoms with E-state index in [0.717, 1.165) is 10.2 Å². The summed E-state index contributed by atoms with van der Waals surface area (Å²) in [4.78, 5) is 9.05. The maximum absolute atomic E-state index is 13.0. The number of hydrogen-bond acceptors (Lipinski definition) is 5. The first-order valence-electron chi connectivity index (χ1n) is 5.36. The van der Waals surface area contributed by atoms with Crippen molar-refractivity contribution in [3.05, 3.63) is 40.5 Å². The zero-order valence-electron chi connectivity index (χ0n) is 9.52. The number of benzene rings is 1. The number of nitrogens with zero attached hydrogens (tertiary/aromatic N) is 2. The van der Waals surface area contributed by atoms with Crippen LogP contribution in [0.2, 0.25) is 5.02 Å². The van der Waals surface area contributed by atoms with E-state index in [9.17, 15) is 4.39 Å². The number of fused-ring (bicyclic) bond motifs is 1. The van der Waals surface area contributed by atoms with Gasteiger partial charge in [-0.1, -0.05) is 11.6 Å². The number of halogens is 2. The van der Waals surface area contributed by atoms with Gasteiger partial charge in [-0.2, -0.15) is 4.98 Å². The van der Waals surface area contributed by atoms with Crippen molar-refractivity contribution in [2.75, 3.05) is 11.1 Å². The Labute approximate surface area is 117 Å². The Morgan fingerprint density at radius 2 is 2.11 bits per heavy atom. The Balaban J connectivity index is 2.07. The standard InChI is InChI=1S/C12H8ClFN4S/c13-8-5-6(14)1-2-9(8)16-10-7-3-4-19-11(7)18-12(15)17-10/h1-5H,(H3,15,16,17,18). The second-order valence-electron chi connectivity index (χ2n) is 3.82. The Hall–Kier alpha value is -1.92. The Morgan fingerprint density at radius 1 is 1.26 bits per heavy atom. The van der Waals surface area contributed by atoms with Crippen LogP contribution >= 0.6 is 22.9 Å². The third-order valence-electron chi connectivity index (χ3n) is 2.53. The van der Waals surface area contributed by atoms with Gasteiger partial charge in [0.15, 0.2) is 0 Å². The molecule has 1 aromatic carbocycles. The topological polar surface area (TPSA) is 63.8 Å². The molecule has 0 atom stereocenters. The molecule has 2 aromatic heterocycles. The van der Waals surface area contributed by atoms with Gasteiger partial charge in [-0.3, -0.25) is 0 Å². The zero-order valence-corrected chi connectivity index (χ0v) is 11.1. The number of nitrogens with two attached hydrogens (primary N) is 1. The second kappa shape index (κ2) is 4.64. The minimum atomic E-state index is -0.390. The van der Waals surface area contributed by atoms with Crippen LogP contribution in [0.25, 0.3) is 10.2 Å². The predicted octanol–water partition coefficient (Wildman–Crippen LogP) is 3.81. The molecular formula is C12H8ClFN4S. The van der Waals surface area contributed by atoms with Gasteiger partial charge in [-0.25, -0.2) is 9.37 Å². The van der Waals surface area contributed by atoms with E-state index in [2.05, 4.69) is 15.3 Å². The van der Waals surface area contributed by atoms with E-state index in [0.29, 0.717) is 11.5 Å². The molecule has 0 fully saturated rings. The molecule has 0 saturated carbocycles. The molecule has 96 valence electrons. The summed E-state index contributed by atoms with van der Waals surface area (Å²) in [6, 6.07) is 6.00. The highest BCUT2D eigenvalue weighted by molar-refractivity contribution is 7.16. The number of rotatable bonds is 2. The minimum absolute atomic E-state index is 0.177. The lowest BCUT2D eigenvalue weighted by atomic mass is 10.3. The summed E-state index contributed by atoms with van der Waals surface area (Å²) in [5.74, 6) is 0.339. The summed E-state index contributed by atoms with van der Waals surface area (Å²) in [7, 11) is 0. The third kappa shape index (κ3) is 2.32. The molecule has 0 radical (unpaired) electrons. The second-order valence-corrected chi connectivity index (χ2v) is 5.12. The van der Waals surface area contributed by atoms with Gasteiger partial charge < -0.3 is 11.1 Å². The summed E-state index contributed by atoms with van der Waals surface area (Å²) < 4.78 is 13.0. The average molecular weight is 295 g/mol. The van der Waals surface area contributed by atoms with Gasteiger partial charge in [0.1, 0.15) is 16.5 Å². The summed E-state index contributed by atoms with van der Waals surface area (Å²) in [5, 5.41) is 6.07. The molecule has 3 aromatic rings. The van der Waals surface area contributed by atoms with Crippen LogP contribution in [0.1, 0.15) is 0 Å². The largest absolute Gasteiger partial charge is 0.368 e. The fourth-order valence-corrected chi connectivity index (χ4v) is 2.67. The predicted molar refractivity (Wildman–Crippen MR) is 76.5 cm³/mol. The van der Waals surface area contributed by atoms with Crippen LogP contribution in [0.4, 0.5) is 21.8 Å². The van der Waals surface area contributed by atoms with Gasteiger partial charge in [-0.15, -0.1) is 11.3 Å². The highest BCUT2D eigenvalue weighted by Gasteiger charge is 2.09. The molecule has 4 nitrogen and oxygen atoms in total. The van der Waals surface area contributed by atoms with Crippen LogP contribution in [0.15, 0.2) is 29.6 Å². The fraction of sp³-hybridized carbons (Fsp3) is 0. The maximum atomic E-state index is 13.0. The lowest BCUT2D eigenvalue weighted by molar-refractivity contribution is 0.628. The fourth-order valence-electron chi connectivity index (χ4n) is 1.69. The Morgan fingerprint density at radius 3 is 2.89 bits per heavy atom. The van der Waals surface area contributed by atoms with Crippen molar-refractivity contribution in [3.63, 3.8) is 0 Å². The normalized spacial score (nSPS) is 10.8. The van der Waals surface area contributed by atoms with E-state index in [4.69, 9.17) is 17.3 Å². The average Bonchev–Trinajstić information content (AvgIpc) is 2.80. The number of aromatic nitrogens is 2. The Bertz CT molecular complexity index is 759. The Kier molecular flexibility index (Phi) is 2.96. The number of nitrogens with one attached hydrogen (secondary N) is 1. The monoisotopic (exact) mass is 294 g/mol. The van der Waals surface area contributed by atoms with E-state index in [-0.39, 0.29) is 11.0 Å². The van der Waals surface area contributed by atoms with Crippen LogP contribution in [0, 0.1) is 5.82 Å². The quantitative estimate of drug-likeness (QED) is 0.754. The SMILES string of the molecule is Nc1nc(Nc2ccc(F)cc2Cl)c2ccsc2n1. The smallest absolute Gasteiger partial charge is 0.223 e. The van der Waals surface area contributed by atoms with Crippen molar-refractivity contribution >= 4 is 50.6 Å². The summed E-state index contributed by atoms with van der Waals surface area (Å²) >= 11 is 7.44. The molecule has 3 N–H and O–H groups in total. The molecule has 0 unspecified atom stereocenters. The first-order valence-corrected chi connectivity index (χ1v) is 6.62. The van der Waals surface area contributed by atoms with Gasteiger partial charge in [0.2, 0.25) is 5.95 Å². The number of anilines is 3. The molecular weight excluding hydrogens is 287 g/mol. The van der Waals surface area contributed by atoms with Crippen molar-refractivity contribution in [2.45, 2.75) is 0 Å². The van der Waals surface area contributed by atoms with Crippen LogP contribution in [-0.4, -0.2) is 9.97 Å². The van der Waals surface area contributed by atoms with Crippen molar-refractivity contribution in [2.24, 2.45) is 0 Å². The van der Waals surface area contributed by atoms with Gasteiger partial charge in [0.05, 0.1) is 16.1 Å². The highest BCUT2D eigenvalue weighted by Crippen LogP contribution is 2.31. The van der Waals surface area contributed by atoms with Crippen molar-refractivity contribution in [3.8, 4) is 0 Å². The van der Waals surface area contributed by atoms with Crippen LogP contribution < -0.4 is 11.1 Å². The number of hydrogen-bond donors (Lipinski definition) is 2. The molecule has 19 heavy (non-hydrogen) atoms. The molecule has 0 saturated heterocycles. The van der Waals surface area contributed by atoms with E-state index in [1.165, 1.54) is 23.5 Å². The first kappa shape index (κ1) is 12.1. The van der Waals surface area contributed by atoms with E-state index >= 15 is 0 Å². The van der Waals surface area contributed by atoms with E-state index in [1.54, 1.807) is 6.07 Å². The summed E-state index contributed by atoms with van der Waals surface area (Å²) in [6.07, 6.45) is 0. The minimum Gasteiger partial charge on any atom is -0.368 e. The van der Waals surface area contributed by atoms with Gasteiger partial charge in [0.25, 0.3) is 0 Å². The first-order chi connectivity index (χ1) is 9.13. The lowest BCUT2D eigenvalue weighted by Crippen LogP contribution is -2.00. The van der Waals surface area contributed by atoms with Crippen LogP contribution in [0.3, 0.4) is 0 Å². The molecule has 2 heterocycles. The molecule has 0 aliphatic rings. The van der Waals surface area contributed by atoms with Gasteiger partial charge in [-0.05, 0) is 29.6 Å². The molecule has 0 spiro atoms. The van der Waals surface area contributed by atoms with Crippen LogP contribution in [-0.2, 0) is 0 Å². The summed E-state index contributed by atoms with van der Waals surface area (Å²) in [5.41, 5.74) is 6.21. The maximum Gasteiger partial charge on any atom is 0.223 e. The molecule has 0 aliphatic carbocycles. The van der Waals surface area contributed by atoms with Gasteiger partial charge >= 0.3 is 0 Å². The van der Waals surface area contributed by atoms with Crippen LogP contribution in [0.5, 0.6) is 0 Å². The molecule has 0 bridgehead atoms. The number of nitrogen functional groups attached to an aromatic ring is 1. The van der Waals surface area contributed by atoms with E-state index in [1.807, 2.05) is 11.4 Å². The van der Waals surface area contributed by atoms with Crippen molar-refractivity contribution < 1.29 is 4.39 Å². The number of thiophene rings is 1. The molecule has 0 amide bonds. The third-order valence-corrected chi connectivity index (χ3v) is 3.65. The van der Waals surface area contributed by atoms with Crippen molar-refractivity contribution in [1.82, 2.24) is 9.97 Å². The highest BCUT2D eigenvalue weighted by atomic mass is 35.5. The van der Waals surface area contributed by atoms with E-state index < -0.39 is 5.82 Å². The molecule has 7 heteroatoms. The zero-order chi connectivity index (χ0) is 13.4. The molecule has 0 aliphatic heterocycles.